The van der Waals surface area contributed by atoms with E-state index in [4.69, 9.17) is 9.47 Å². The van der Waals surface area contributed by atoms with Crippen molar-refractivity contribution in [3.8, 4) is 0 Å². The van der Waals surface area contributed by atoms with Gasteiger partial charge < -0.3 is 24.8 Å². The van der Waals surface area contributed by atoms with Gasteiger partial charge in [0.05, 0.1) is 30.8 Å². The fourth-order valence-electron chi connectivity index (χ4n) is 12.0. The van der Waals surface area contributed by atoms with Gasteiger partial charge in [-0.25, -0.2) is 0 Å². The highest BCUT2D eigenvalue weighted by Crippen LogP contribution is 2.75. The molecule has 5 aliphatic carbocycles. The minimum Gasteiger partial charge on any atom is -0.435 e. The van der Waals surface area contributed by atoms with Crippen LogP contribution in [0.3, 0.4) is 0 Å². The van der Waals surface area contributed by atoms with Gasteiger partial charge in [0, 0.05) is 11.8 Å². The molecule has 6 rings (SSSR count). The summed E-state index contributed by atoms with van der Waals surface area (Å²) in [5.41, 5.74) is 0.0598. The third kappa shape index (κ3) is 3.98. The summed E-state index contributed by atoms with van der Waals surface area (Å²) in [5, 5.41) is 32.7. The number of hydrogen-bond donors (Lipinski definition) is 3. The second-order valence-electron chi connectivity index (χ2n) is 16.4. The average molecular weight is 573 g/mol. The van der Waals surface area contributed by atoms with Crippen LogP contribution in [0.2, 0.25) is 0 Å². The number of fused-ring (bicyclic) bond motifs is 7. The minimum absolute atomic E-state index is 0.00363. The molecular weight excluding hydrogens is 516 g/mol. The second kappa shape index (κ2) is 10.0. The molecule has 6 nitrogen and oxygen atoms in total. The molecule has 1 saturated heterocycles. The molecule has 6 aliphatic rings. The van der Waals surface area contributed by atoms with E-state index in [1.54, 1.807) is 0 Å². The van der Waals surface area contributed by atoms with Gasteiger partial charge in [0.2, 0.25) is 6.29 Å². The highest BCUT2D eigenvalue weighted by atomic mass is 16.7. The molecule has 41 heavy (non-hydrogen) atoms. The first-order valence-corrected chi connectivity index (χ1v) is 16.8. The standard InChI is InChI=1S/C35H56O6/c1-21-12-15-35(30(39)41-27-9-7-8-18-40-27)17-16-33(5)23(28(35)22(21)2)10-11-26-31(3)19-24(37)29(38)32(4,20-36)25(31)13-14-34(26,33)6/h10,21-22,24-29,36-38H,7-9,11-20H2,1-6H3/t21-,22+,24-,25-,26-,27?,28+,29+,31+,32+,33-,34-,35+/m1/s1. The molecule has 0 aromatic heterocycles. The Bertz CT molecular complexity index is 1070. The molecule has 1 unspecified atom stereocenters. The van der Waals surface area contributed by atoms with Gasteiger partial charge in [0.25, 0.3) is 0 Å². The molecule has 0 radical (unpaired) electrons. The Hall–Kier alpha value is -0.950. The van der Waals surface area contributed by atoms with Gasteiger partial charge in [-0.05, 0) is 110 Å². The summed E-state index contributed by atoms with van der Waals surface area (Å²) in [7, 11) is 0. The molecule has 6 heteroatoms. The van der Waals surface area contributed by atoms with Crippen LogP contribution in [0, 0.1) is 56.7 Å². The quantitative estimate of drug-likeness (QED) is 0.283. The van der Waals surface area contributed by atoms with Gasteiger partial charge in [-0.3, -0.25) is 4.79 Å². The maximum absolute atomic E-state index is 14.2. The van der Waals surface area contributed by atoms with Crippen molar-refractivity contribution in [2.45, 2.75) is 131 Å². The Kier molecular flexibility index (Phi) is 7.37. The zero-order valence-electron chi connectivity index (χ0n) is 26.5. The van der Waals surface area contributed by atoms with Crippen molar-refractivity contribution in [1.29, 1.82) is 0 Å². The first-order valence-electron chi connectivity index (χ1n) is 16.8. The Balaban J connectivity index is 1.39. The third-order valence-electron chi connectivity index (χ3n) is 14.9. The van der Waals surface area contributed by atoms with Crippen molar-refractivity contribution >= 4 is 5.97 Å². The summed E-state index contributed by atoms with van der Waals surface area (Å²) >= 11 is 0. The number of rotatable bonds is 3. The van der Waals surface area contributed by atoms with Crippen molar-refractivity contribution in [2.24, 2.45) is 56.7 Å². The number of aliphatic hydroxyl groups excluding tert-OH is 3. The van der Waals surface area contributed by atoms with Crippen LogP contribution >= 0.6 is 0 Å². The largest absolute Gasteiger partial charge is 0.435 e. The van der Waals surface area contributed by atoms with E-state index in [-0.39, 0.29) is 40.7 Å². The summed E-state index contributed by atoms with van der Waals surface area (Å²) in [5.74, 6) is 1.58. The normalized spacial score (nSPS) is 55.0. The molecule has 0 aromatic rings. The molecule has 1 heterocycles. The Morgan fingerprint density at radius 2 is 1.76 bits per heavy atom. The fourth-order valence-corrected chi connectivity index (χ4v) is 12.0. The Morgan fingerprint density at radius 1 is 1.00 bits per heavy atom. The smallest absolute Gasteiger partial charge is 0.315 e. The molecular formula is C35H56O6. The molecule has 4 saturated carbocycles. The number of carbonyl (C=O) groups excluding carboxylic acids is 1. The summed E-state index contributed by atoms with van der Waals surface area (Å²) in [4.78, 5) is 14.2. The van der Waals surface area contributed by atoms with E-state index in [2.05, 4.69) is 40.7 Å². The molecule has 1 aliphatic heterocycles. The van der Waals surface area contributed by atoms with Crippen LogP contribution in [0.25, 0.3) is 0 Å². The number of allylic oxidation sites excluding steroid dienone is 2. The number of aliphatic hydroxyl groups is 3. The summed E-state index contributed by atoms with van der Waals surface area (Å²) in [6, 6.07) is 0. The van der Waals surface area contributed by atoms with Gasteiger partial charge in [-0.1, -0.05) is 53.2 Å². The summed E-state index contributed by atoms with van der Waals surface area (Å²) in [6.45, 7) is 14.6. The zero-order chi connectivity index (χ0) is 29.6. The van der Waals surface area contributed by atoms with E-state index in [1.165, 1.54) is 5.57 Å². The predicted molar refractivity (Wildman–Crippen MR) is 157 cm³/mol. The molecule has 5 fully saturated rings. The molecule has 0 aromatic carbocycles. The summed E-state index contributed by atoms with van der Waals surface area (Å²) < 4.78 is 12.1. The molecule has 13 atom stereocenters. The lowest BCUT2D eigenvalue weighted by molar-refractivity contribution is -0.245. The first-order chi connectivity index (χ1) is 19.3. The molecule has 232 valence electrons. The van der Waals surface area contributed by atoms with Gasteiger partial charge in [0.15, 0.2) is 0 Å². The predicted octanol–water partition coefficient (Wildman–Crippen LogP) is 6.02. The van der Waals surface area contributed by atoms with Gasteiger partial charge >= 0.3 is 5.97 Å². The van der Waals surface area contributed by atoms with Crippen LogP contribution in [-0.4, -0.2) is 53.0 Å². The fraction of sp³-hybridized carbons (Fsp3) is 0.914. The summed E-state index contributed by atoms with van der Waals surface area (Å²) in [6.07, 6.45) is 10.5. The van der Waals surface area contributed by atoms with E-state index in [9.17, 15) is 20.1 Å². The van der Waals surface area contributed by atoms with E-state index in [0.29, 0.717) is 30.8 Å². The highest BCUT2D eigenvalue weighted by molar-refractivity contribution is 5.79. The zero-order valence-corrected chi connectivity index (χ0v) is 26.5. The maximum atomic E-state index is 14.2. The van der Waals surface area contributed by atoms with E-state index >= 15 is 0 Å². The van der Waals surface area contributed by atoms with Crippen LogP contribution in [0.15, 0.2) is 11.6 Å². The monoisotopic (exact) mass is 572 g/mol. The van der Waals surface area contributed by atoms with E-state index < -0.39 is 29.3 Å². The van der Waals surface area contributed by atoms with Crippen LogP contribution in [-0.2, 0) is 14.3 Å². The van der Waals surface area contributed by atoms with Crippen LogP contribution in [0.4, 0.5) is 0 Å². The highest BCUT2D eigenvalue weighted by Gasteiger charge is 2.71. The second-order valence-corrected chi connectivity index (χ2v) is 16.4. The lowest BCUT2D eigenvalue weighted by atomic mass is 9.33. The van der Waals surface area contributed by atoms with E-state index in [0.717, 1.165) is 64.2 Å². The van der Waals surface area contributed by atoms with Gasteiger partial charge in [-0.2, -0.15) is 0 Å². The average Bonchev–Trinajstić information content (AvgIpc) is 2.94. The molecule has 0 bridgehead atoms. The number of esters is 1. The lowest BCUT2D eigenvalue weighted by Crippen LogP contribution is -2.68. The minimum atomic E-state index is -0.903. The Labute approximate surface area is 247 Å². The van der Waals surface area contributed by atoms with Crippen molar-refractivity contribution < 1.29 is 29.6 Å². The van der Waals surface area contributed by atoms with Crippen molar-refractivity contribution in [1.82, 2.24) is 0 Å². The number of carbonyl (C=O) groups is 1. The number of ether oxygens (including phenoxy) is 2. The van der Waals surface area contributed by atoms with Crippen LogP contribution in [0.5, 0.6) is 0 Å². The van der Waals surface area contributed by atoms with Crippen molar-refractivity contribution in [2.75, 3.05) is 13.2 Å². The third-order valence-corrected chi connectivity index (χ3v) is 14.9. The van der Waals surface area contributed by atoms with E-state index in [1.807, 2.05) is 6.92 Å². The van der Waals surface area contributed by atoms with Gasteiger partial charge in [-0.15, -0.1) is 0 Å². The number of hydrogen-bond acceptors (Lipinski definition) is 6. The van der Waals surface area contributed by atoms with Crippen molar-refractivity contribution in [3.05, 3.63) is 11.6 Å². The maximum Gasteiger partial charge on any atom is 0.315 e. The van der Waals surface area contributed by atoms with Crippen LogP contribution < -0.4 is 0 Å². The lowest BCUT2D eigenvalue weighted by Gasteiger charge is -2.71. The Morgan fingerprint density at radius 3 is 2.44 bits per heavy atom. The first kappa shape index (κ1) is 30.1. The van der Waals surface area contributed by atoms with Crippen molar-refractivity contribution in [3.63, 3.8) is 0 Å². The molecule has 0 spiro atoms. The topological polar surface area (TPSA) is 96.2 Å². The molecule has 3 N–H and O–H groups in total. The van der Waals surface area contributed by atoms with Gasteiger partial charge in [0.1, 0.15) is 0 Å². The van der Waals surface area contributed by atoms with Crippen LogP contribution in [0.1, 0.15) is 112 Å². The molecule has 0 amide bonds. The SMILES string of the molecule is C[C@H]1[C@H](C)CC[C@]2(C(=O)OC3CCCCO3)CC[C@]3(C)C(=CC[C@@H]4[C@@]5(C)C[C@@H](O)[C@H](O)[C@@](C)(CO)[C@@H]5CC[C@]43C)[C@H]12.